The second kappa shape index (κ2) is 8.09. The van der Waals surface area contributed by atoms with Gasteiger partial charge in [-0.15, -0.1) is 0 Å². The van der Waals surface area contributed by atoms with Crippen LogP contribution in [0.5, 0.6) is 0 Å². The molecular formula is C20H25ClN2O2S. The lowest BCUT2D eigenvalue weighted by Gasteiger charge is -2.33. The molecule has 0 bridgehead atoms. The average Bonchev–Trinajstić information content (AvgIpc) is 2.62. The van der Waals surface area contributed by atoms with Crippen molar-refractivity contribution >= 4 is 21.6 Å². The van der Waals surface area contributed by atoms with Gasteiger partial charge in [-0.2, -0.15) is 0 Å². The Morgan fingerprint density at radius 1 is 1.12 bits per heavy atom. The highest BCUT2D eigenvalue weighted by Gasteiger charge is 2.30. The fraction of sp³-hybridized carbons (Fsp3) is 0.400. The maximum absolute atomic E-state index is 12.3. The second-order valence-electron chi connectivity index (χ2n) is 7.02. The van der Waals surface area contributed by atoms with Crippen LogP contribution in [0.25, 0.3) is 11.1 Å². The van der Waals surface area contributed by atoms with Gasteiger partial charge >= 0.3 is 0 Å². The minimum Gasteiger partial charge on any atom is -0.316 e. The van der Waals surface area contributed by atoms with E-state index in [-0.39, 0.29) is 12.0 Å². The Hall–Kier alpha value is -1.40. The summed E-state index contributed by atoms with van der Waals surface area (Å²) >= 11 is 6.29. The highest BCUT2D eigenvalue weighted by Crippen LogP contribution is 2.30. The summed E-state index contributed by atoms with van der Waals surface area (Å²) < 4.78 is 27.5. The Kier molecular flexibility index (Phi) is 6.03. The van der Waals surface area contributed by atoms with Gasteiger partial charge in [0.25, 0.3) is 0 Å². The van der Waals surface area contributed by atoms with Gasteiger partial charge < -0.3 is 5.32 Å². The summed E-state index contributed by atoms with van der Waals surface area (Å²) in [5.74, 6) is 0.109. The van der Waals surface area contributed by atoms with Gasteiger partial charge in [0.15, 0.2) is 0 Å². The van der Waals surface area contributed by atoms with Crippen molar-refractivity contribution in [3.05, 3.63) is 59.1 Å². The van der Waals surface area contributed by atoms with Crippen LogP contribution in [-0.2, 0) is 10.0 Å². The molecule has 2 atom stereocenters. The largest absolute Gasteiger partial charge is 0.316 e. The summed E-state index contributed by atoms with van der Waals surface area (Å²) in [4.78, 5) is 0. The molecule has 1 aliphatic rings. The predicted molar refractivity (Wildman–Crippen MR) is 108 cm³/mol. The molecule has 0 aromatic heterocycles. The molecule has 1 heterocycles. The van der Waals surface area contributed by atoms with E-state index in [0.29, 0.717) is 0 Å². The van der Waals surface area contributed by atoms with E-state index in [1.54, 1.807) is 13.8 Å². The van der Waals surface area contributed by atoms with Gasteiger partial charge in [-0.05, 0) is 44.0 Å². The summed E-state index contributed by atoms with van der Waals surface area (Å²) in [5.41, 5.74) is 3.19. The molecule has 1 fully saturated rings. The Morgan fingerprint density at radius 2 is 1.81 bits per heavy atom. The van der Waals surface area contributed by atoms with Crippen molar-refractivity contribution in [2.75, 3.05) is 13.1 Å². The van der Waals surface area contributed by atoms with E-state index < -0.39 is 15.3 Å². The Balaban J connectivity index is 1.83. The van der Waals surface area contributed by atoms with Crippen molar-refractivity contribution in [2.45, 2.75) is 37.5 Å². The molecule has 0 spiro atoms. The number of nitrogens with one attached hydrogen (secondary N) is 2. The number of hydrogen-bond donors (Lipinski definition) is 2. The van der Waals surface area contributed by atoms with Gasteiger partial charge in [-0.25, -0.2) is 13.1 Å². The predicted octanol–water partition coefficient (Wildman–Crippen LogP) is 3.78. The average molecular weight is 393 g/mol. The fourth-order valence-corrected chi connectivity index (χ4v) is 4.52. The zero-order chi connectivity index (χ0) is 18.7. The quantitative estimate of drug-likeness (QED) is 0.814. The molecule has 0 aliphatic carbocycles. The molecule has 2 N–H and O–H groups in total. The maximum atomic E-state index is 12.3. The lowest BCUT2D eigenvalue weighted by Crippen LogP contribution is -2.49. The highest BCUT2D eigenvalue weighted by molar-refractivity contribution is 7.90. The van der Waals surface area contributed by atoms with Crippen LogP contribution in [0.15, 0.2) is 48.5 Å². The van der Waals surface area contributed by atoms with Crippen LogP contribution in [0.2, 0.25) is 5.02 Å². The molecule has 0 radical (unpaired) electrons. The number of sulfonamides is 1. The lowest BCUT2D eigenvalue weighted by molar-refractivity contribution is 0.377. The van der Waals surface area contributed by atoms with Crippen LogP contribution in [0, 0.1) is 0 Å². The summed E-state index contributed by atoms with van der Waals surface area (Å²) in [6.07, 6.45) is 0.781. The summed E-state index contributed by atoms with van der Waals surface area (Å²) in [6, 6.07) is 15.9. The fourth-order valence-electron chi connectivity index (χ4n) is 3.30. The van der Waals surface area contributed by atoms with Crippen LogP contribution in [0.4, 0.5) is 0 Å². The van der Waals surface area contributed by atoms with Gasteiger partial charge in [0.05, 0.1) is 5.25 Å². The molecular weight excluding hydrogens is 368 g/mol. The first kappa shape index (κ1) is 19.4. The number of rotatable bonds is 5. The third-order valence-electron chi connectivity index (χ3n) is 4.94. The van der Waals surface area contributed by atoms with Crippen molar-refractivity contribution in [3.8, 4) is 11.1 Å². The van der Waals surface area contributed by atoms with Crippen molar-refractivity contribution in [2.24, 2.45) is 0 Å². The molecule has 4 nitrogen and oxygen atoms in total. The maximum Gasteiger partial charge on any atom is 0.214 e. The van der Waals surface area contributed by atoms with E-state index in [4.69, 9.17) is 11.6 Å². The SMILES string of the molecule is CC(C)S(=O)(=O)N[C@H]1CCNC[C@@H]1c1ccc(-c2ccccc2Cl)cc1. The molecule has 2 aromatic carbocycles. The molecule has 3 rings (SSSR count). The van der Waals surface area contributed by atoms with Crippen LogP contribution in [0.1, 0.15) is 31.7 Å². The minimum atomic E-state index is -3.29. The topological polar surface area (TPSA) is 58.2 Å². The Bertz CT molecular complexity index is 850. The van der Waals surface area contributed by atoms with Crippen molar-refractivity contribution in [3.63, 3.8) is 0 Å². The van der Waals surface area contributed by atoms with E-state index >= 15 is 0 Å². The van der Waals surface area contributed by atoms with E-state index in [1.165, 1.54) is 0 Å². The number of benzene rings is 2. The molecule has 26 heavy (non-hydrogen) atoms. The van der Waals surface area contributed by atoms with E-state index in [0.717, 1.165) is 41.2 Å². The standard InChI is InChI=1S/C20H25ClN2O2S/c1-14(2)26(24,25)23-20-11-12-22-13-18(20)16-9-7-15(8-10-16)17-5-3-4-6-19(17)21/h3-10,14,18,20,22-23H,11-13H2,1-2H3/t18-,20+/m1/s1. The first-order valence-electron chi connectivity index (χ1n) is 8.95. The monoisotopic (exact) mass is 392 g/mol. The minimum absolute atomic E-state index is 0.0881. The zero-order valence-corrected chi connectivity index (χ0v) is 16.6. The van der Waals surface area contributed by atoms with Crippen LogP contribution < -0.4 is 10.0 Å². The molecule has 140 valence electrons. The van der Waals surface area contributed by atoms with Gasteiger partial charge in [-0.1, -0.05) is 54.1 Å². The number of piperidine rings is 1. The molecule has 1 aliphatic heterocycles. The van der Waals surface area contributed by atoms with E-state index in [9.17, 15) is 8.42 Å². The first-order chi connectivity index (χ1) is 12.4. The van der Waals surface area contributed by atoms with Gasteiger partial charge in [0.2, 0.25) is 10.0 Å². The summed E-state index contributed by atoms with van der Waals surface area (Å²) in [6.45, 7) is 4.99. The zero-order valence-electron chi connectivity index (χ0n) is 15.1. The van der Waals surface area contributed by atoms with Gasteiger partial charge in [0.1, 0.15) is 0 Å². The van der Waals surface area contributed by atoms with E-state index in [2.05, 4.69) is 34.3 Å². The summed E-state index contributed by atoms with van der Waals surface area (Å²) in [5, 5.41) is 3.67. The molecule has 0 amide bonds. The number of hydrogen-bond acceptors (Lipinski definition) is 3. The molecule has 1 saturated heterocycles. The highest BCUT2D eigenvalue weighted by atomic mass is 35.5. The van der Waals surface area contributed by atoms with E-state index in [1.807, 2.05) is 24.3 Å². The molecule has 2 aromatic rings. The van der Waals surface area contributed by atoms with Crippen LogP contribution in [-0.4, -0.2) is 32.8 Å². The van der Waals surface area contributed by atoms with Crippen LogP contribution >= 0.6 is 11.6 Å². The first-order valence-corrected chi connectivity index (χ1v) is 10.9. The second-order valence-corrected chi connectivity index (χ2v) is 9.69. The third kappa shape index (κ3) is 4.29. The lowest BCUT2D eigenvalue weighted by atomic mass is 9.87. The molecule has 6 heteroatoms. The normalized spacial score (nSPS) is 21.1. The summed E-state index contributed by atoms with van der Waals surface area (Å²) in [7, 11) is -3.29. The van der Waals surface area contributed by atoms with Gasteiger partial charge in [-0.3, -0.25) is 0 Å². The molecule has 0 saturated carbocycles. The van der Waals surface area contributed by atoms with Crippen molar-refractivity contribution in [1.29, 1.82) is 0 Å². The van der Waals surface area contributed by atoms with Crippen LogP contribution in [0.3, 0.4) is 0 Å². The van der Waals surface area contributed by atoms with Crippen molar-refractivity contribution < 1.29 is 8.42 Å². The Morgan fingerprint density at radius 3 is 2.46 bits per heavy atom. The number of halogens is 1. The van der Waals surface area contributed by atoms with Gasteiger partial charge in [0, 0.05) is 29.1 Å². The smallest absolute Gasteiger partial charge is 0.214 e. The van der Waals surface area contributed by atoms with Crippen molar-refractivity contribution in [1.82, 2.24) is 10.0 Å². The molecule has 0 unspecified atom stereocenters. The Labute approximate surface area is 161 Å². The third-order valence-corrected chi connectivity index (χ3v) is 7.14.